The largest absolute Gasteiger partial charge is 0.492 e. The molecule has 0 heterocycles. The van der Waals surface area contributed by atoms with Crippen LogP contribution in [0.1, 0.15) is 18.1 Å². The van der Waals surface area contributed by atoms with E-state index in [0.29, 0.717) is 11.3 Å². The summed E-state index contributed by atoms with van der Waals surface area (Å²) in [5.74, 6) is -0.818. The Hall–Kier alpha value is -2.88. The summed E-state index contributed by atoms with van der Waals surface area (Å²) in [6.07, 6.45) is 0.0871. The predicted octanol–water partition coefficient (Wildman–Crippen LogP) is -0.507. The Morgan fingerprint density at radius 2 is 1.83 bits per heavy atom. The van der Waals surface area contributed by atoms with E-state index in [1.165, 1.54) is 20.1 Å². The van der Waals surface area contributed by atoms with Gasteiger partial charge in [-0.1, -0.05) is 42.5 Å². The highest BCUT2D eigenvalue weighted by atomic mass is 16.5. The van der Waals surface area contributed by atoms with E-state index in [2.05, 4.69) is 5.32 Å². The van der Waals surface area contributed by atoms with Gasteiger partial charge in [0.05, 0.1) is 13.2 Å². The fourth-order valence-corrected chi connectivity index (χ4v) is 2.67. The molecule has 0 saturated heterocycles. The lowest BCUT2D eigenvalue weighted by atomic mass is 9.78. The van der Waals surface area contributed by atoms with Crippen molar-refractivity contribution in [2.24, 2.45) is 5.73 Å². The van der Waals surface area contributed by atoms with E-state index in [1.807, 2.05) is 30.3 Å². The van der Waals surface area contributed by atoms with Gasteiger partial charge >= 0.3 is 13.1 Å². The number of hydrogen-bond donors (Lipinski definition) is 4. The number of nitrogens with two attached hydrogens (primary N) is 1. The third-order valence-electron chi connectivity index (χ3n) is 4.25. The van der Waals surface area contributed by atoms with Gasteiger partial charge in [-0.15, -0.1) is 0 Å². The van der Waals surface area contributed by atoms with Gasteiger partial charge in [-0.3, -0.25) is 4.79 Å². The normalized spacial score (nSPS) is 12.6. The van der Waals surface area contributed by atoms with Crippen molar-refractivity contribution in [3.05, 3.63) is 59.7 Å². The van der Waals surface area contributed by atoms with Crippen LogP contribution in [0, 0.1) is 0 Å². The average molecular weight is 400 g/mol. The Morgan fingerprint density at radius 3 is 2.41 bits per heavy atom. The number of carbonyl (C=O) groups excluding carboxylic acids is 2. The molecule has 0 bridgehead atoms. The molecule has 2 aromatic rings. The van der Waals surface area contributed by atoms with Crippen LogP contribution < -0.4 is 21.3 Å². The molecule has 29 heavy (non-hydrogen) atoms. The van der Waals surface area contributed by atoms with Crippen molar-refractivity contribution in [2.75, 3.05) is 7.11 Å². The van der Waals surface area contributed by atoms with E-state index in [4.69, 9.17) is 15.2 Å². The van der Waals surface area contributed by atoms with Crippen molar-refractivity contribution in [3.63, 3.8) is 0 Å². The molecule has 5 N–H and O–H groups in total. The van der Waals surface area contributed by atoms with Gasteiger partial charge in [-0.25, -0.2) is 4.79 Å². The topological polar surface area (TPSA) is 131 Å². The summed E-state index contributed by atoms with van der Waals surface area (Å²) in [5, 5.41) is 22.0. The summed E-state index contributed by atoms with van der Waals surface area (Å²) >= 11 is 0. The SMILES string of the molecule is COC(=O)[C@H](Cc1ccc(OCc2ccccc2)c(B(O)O)c1)NC(=O)[C@H](C)N. The van der Waals surface area contributed by atoms with Crippen LogP contribution in [0.15, 0.2) is 48.5 Å². The Morgan fingerprint density at radius 1 is 1.14 bits per heavy atom. The van der Waals surface area contributed by atoms with Gasteiger partial charge in [0, 0.05) is 11.9 Å². The first-order valence-electron chi connectivity index (χ1n) is 9.11. The number of carbonyl (C=O) groups is 2. The summed E-state index contributed by atoms with van der Waals surface area (Å²) in [7, 11) is -0.549. The zero-order valence-corrected chi connectivity index (χ0v) is 16.4. The molecule has 0 aliphatic heterocycles. The molecule has 0 unspecified atom stereocenters. The number of benzene rings is 2. The van der Waals surface area contributed by atoms with E-state index in [1.54, 1.807) is 12.1 Å². The van der Waals surface area contributed by atoms with Gasteiger partial charge in [0.1, 0.15) is 18.4 Å². The molecular formula is C20H25BN2O6. The molecule has 8 nitrogen and oxygen atoms in total. The number of methoxy groups -OCH3 is 1. The van der Waals surface area contributed by atoms with Gasteiger partial charge in [0.15, 0.2) is 0 Å². The molecule has 2 rings (SSSR count). The van der Waals surface area contributed by atoms with E-state index >= 15 is 0 Å². The molecule has 154 valence electrons. The fourth-order valence-electron chi connectivity index (χ4n) is 2.67. The molecular weight excluding hydrogens is 375 g/mol. The number of ether oxygens (including phenoxy) is 2. The molecule has 2 aromatic carbocycles. The van der Waals surface area contributed by atoms with Crippen LogP contribution in [0.25, 0.3) is 0 Å². The van der Waals surface area contributed by atoms with E-state index in [0.717, 1.165) is 5.56 Å². The number of rotatable bonds is 9. The van der Waals surface area contributed by atoms with Crippen LogP contribution in [-0.2, 0) is 27.4 Å². The highest BCUT2D eigenvalue weighted by molar-refractivity contribution is 6.59. The van der Waals surface area contributed by atoms with Crippen LogP contribution in [0.3, 0.4) is 0 Å². The maximum absolute atomic E-state index is 12.0. The third kappa shape index (κ3) is 6.60. The lowest BCUT2D eigenvalue weighted by Gasteiger charge is -2.19. The van der Waals surface area contributed by atoms with E-state index in [9.17, 15) is 19.6 Å². The van der Waals surface area contributed by atoms with Gasteiger partial charge in [0.2, 0.25) is 5.91 Å². The van der Waals surface area contributed by atoms with Gasteiger partial charge in [0.25, 0.3) is 0 Å². The van der Waals surface area contributed by atoms with Crippen molar-refractivity contribution < 1.29 is 29.1 Å². The molecule has 0 saturated carbocycles. The molecule has 0 aromatic heterocycles. The fraction of sp³-hybridized carbons (Fsp3) is 0.300. The van der Waals surface area contributed by atoms with E-state index < -0.39 is 31.1 Å². The smallest absolute Gasteiger partial charge is 0.489 e. The van der Waals surface area contributed by atoms with E-state index in [-0.39, 0.29) is 18.5 Å². The van der Waals surface area contributed by atoms with Crippen LogP contribution in [0.2, 0.25) is 0 Å². The Bertz CT molecular complexity index is 829. The molecule has 1 amide bonds. The third-order valence-corrected chi connectivity index (χ3v) is 4.25. The van der Waals surface area contributed by atoms with Gasteiger partial charge in [-0.2, -0.15) is 0 Å². The Labute approximate surface area is 169 Å². The zero-order valence-electron chi connectivity index (χ0n) is 16.4. The highest BCUT2D eigenvalue weighted by Crippen LogP contribution is 2.15. The minimum absolute atomic E-state index is 0.0871. The zero-order chi connectivity index (χ0) is 21.4. The number of nitrogens with one attached hydrogen (secondary N) is 1. The first-order valence-corrected chi connectivity index (χ1v) is 9.11. The molecule has 0 aliphatic carbocycles. The Kier molecular flexibility index (Phi) is 8.20. The maximum Gasteiger partial charge on any atom is 0.492 e. The van der Waals surface area contributed by atoms with Crippen LogP contribution in [0.5, 0.6) is 5.75 Å². The Balaban J connectivity index is 2.18. The summed E-state index contributed by atoms with van der Waals surface area (Å²) < 4.78 is 10.4. The van der Waals surface area contributed by atoms with Crippen molar-refractivity contribution in [1.82, 2.24) is 5.32 Å². The predicted molar refractivity (Wildman–Crippen MR) is 108 cm³/mol. The minimum Gasteiger partial charge on any atom is -0.489 e. The molecule has 2 atom stereocenters. The maximum atomic E-state index is 12.0. The summed E-state index contributed by atoms with van der Waals surface area (Å²) in [4.78, 5) is 23.9. The lowest BCUT2D eigenvalue weighted by molar-refractivity contribution is -0.145. The first kappa shape index (κ1) is 22.4. The van der Waals surface area contributed by atoms with Gasteiger partial charge in [-0.05, 0) is 24.1 Å². The van der Waals surface area contributed by atoms with Gasteiger partial charge < -0.3 is 30.6 Å². The second kappa shape index (κ2) is 10.6. The second-order valence-corrected chi connectivity index (χ2v) is 6.60. The van der Waals surface area contributed by atoms with Crippen LogP contribution in [-0.4, -0.2) is 48.2 Å². The van der Waals surface area contributed by atoms with Crippen molar-refractivity contribution in [1.29, 1.82) is 0 Å². The number of amides is 1. The average Bonchev–Trinajstić information content (AvgIpc) is 2.72. The standard InChI is InChI=1S/C20H25BN2O6/c1-13(22)19(24)23-17(20(25)28-2)11-15-8-9-18(16(10-15)21(26)27)29-12-14-6-4-3-5-7-14/h3-10,13,17,26-27H,11-12,22H2,1-2H3,(H,23,24)/t13-,17-/m0/s1. The summed E-state index contributed by atoms with van der Waals surface area (Å²) in [6.45, 7) is 1.76. The molecule has 0 aliphatic rings. The van der Waals surface area contributed by atoms with Crippen LogP contribution >= 0.6 is 0 Å². The quantitative estimate of drug-likeness (QED) is 0.330. The second-order valence-electron chi connectivity index (χ2n) is 6.60. The lowest BCUT2D eigenvalue weighted by Crippen LogP contribution is -2.48. The monoisotopic (exact) mass is 400 g/mol. The summed E-state index contributed by atoms with van der Waals surface area (Å²) in [6, 6.07) is 12.5. The minimum atomic E-state index is -1.77. The molecule has 9 heteroatoms. The highest BCUT2D eigenvalue weighted by Gasteiger charge is 2.25. The first-order chi connectivity index (χ1) is 13.8. The summed E-state index contributed by atoms with van der Waals surface area (Å²) in [5.41, 5.74) is 7.20. The molecule has 0 fully saturated rings. The number of esters is 1. The molecule has 0 spiro atoms. The van der Waals surface area contributed by atoms with Crippen molar-refractivity contribution in [2.45, 2.75) is 32.0 Å². The van der Waals surface area contributed by atoms with Crippen LogP contribution in [0.4, 0.5) is 0 Å². The molecule has 0 radical (unpaired) electrons. The number of hydrogen-bond acceptors (Lipinski definition) is 7. The van der Waals surface area contributed by atoms with Crippen molar-refractivity contribution >= 4 is 24.5 Å². The van der Waals surface area contributed by atoms with Crippen molar-refractivity contribution in [3.8, 4) is 5.75 Å².